The molecule has 2 heterocycles. The molecule has 19 heavy (non-hydrogen) atoms. The summed E-state index contributed by atoms with van der Waals surface area (Å²) >= 11 is 5.00. The number of aliphatic hydroxyl groups is 1. The zero-order chi connectivity index (χ0) is 13.9. The van der Waals surface area contributed by atoms with E-state index in [0.29, 0.717) is 18.8 Å². The van der Waals surface area contributed by atoms with Gasteiger partial charge in [-0.3, -0.25) is 0 Å². The van der Waals surface area contributed by atoms with Crippen LogP contribution < -0.4 is 10.1 Å². The molecule has 2 aromatic heterocycles. The van der Waals surface area contributed by atoms with Gasteiger partial charge in [0.15, 0.2) is 5.06 Å². The summed E-state index contributed by atoms with van der Waals surface area (Å²) < 4.78 is 11.4. The average Bonchev–Trinajstić information content (AvgIpc) is 2.98. The summed E-state index contributed by atoms with van der Waals surface area (Å²) in [7, 11) is 1.65. The van der Waals surface area contributed by atoms with Gasteiger partial charge in [-0.2, -0.15) is 0 Å². The number of rotatable bonds is 6. The van der Waals surface area contributed by atoms with Gasteiger partial charge < -0.3 is 19.6 Å². The van der Waals surface area contributed by atoms with Crippen molar-refractivity contribution in [3.05, 3.63) is 39.6 Å². The maximum Gasteiger partial charge on any atom is 0.188 e. The van der Waals surface area contributed by atoms with Gasteiger partial charge in [0.25, 0.3) is 0 Å². The number of hydrogen-bond donors (Lipinski definition) is 2. The smallest absolute Gasteiger partial charge is 0.188 e. The second-order valence-corrected chi connectivity index (χ2v) is 6.36. The van der Waals surface area contributed by atoms with Crippen molar-refractivity contribution in [1.29, 1.82) is 0 Å². The molecule has 2 rings (SSSR count). The van der Waals surface area contributed by atoms with Crippen LogP contribution in [0.15, 0.2) is 33.4 Å². The van der Waals surface area contributed by atoms with E-state index < -0.39 is 5.60 Å². The molecule has 2 aromatic rings. The van der Waals surface area contributed by atoms with Crippen LogP contribution in [0.4, 0.5) is 0 Å². The Morgan fingerprint density at radius 3 is 2.95 bits per heavy atom. The van der Waals surface area contributed by atoms with Gasteiger partial charge in [0.1, 0.15) is 11.4 Å². The van der Waals surface area contributed by atoms with E-state index in [1.165, 1.54) is 0 Å². The number of thiophene rings is 1. The van der Waals surface area contributed by atoms with E-state index in [9.17, 15) is 5.11 Å². The number of ether oxygens (including phenoxy) is 1. The van der Waals surface area contributed by atoms with Crippen LogP contribution >= 0.6 is 27.3 Å². The predicted octanol–water partition coefficient (Wildman–Crippen LogP) is 3.11. The second kappa shape index (κ2) is 6.09. The van der Waals surface area contributed by atoms with Crippen molar-refractivity contribution in [1.82, 2.24) is 5.32 Å². The van der Waals surface area contributed by atoms with E-state index in [4.69, 9.17) is 9.15 Å². The molecule has 0 radical (unpaired) electrons. The van der Waals surface area contributed by atoms with Gasteiger partial charge in [0.05, 0.1) is 17.8 Å². The summed E-state index contributed by atoms with van der Waals surface area (Å²) in [6.07, 6.45) is 1.56. The summed E-state index contributed by atoms with van der Waals surface area (Å²) in [5.41, 5.74) is -1.01. The molecular formula is C13H16BrNO3S. The highest BCUT2D eigenvalue weighted by atomic mass is 79.9. The Bertz CT molecular complexity index is 522. The maximum absolute atomic E-state index is 10.3. The highest BCUT2D eigenvalue weighted by Crippen LogP contribution is 2.34. The molecule has 0 saturated heterocycles. The fraction of sp³-hybridized carbons (Fsp3) is 0.385. The number of hydrogen-bond acceptors (Lipinski definition) is 5. The van der Waals surface area contributed by atoms with E-state index in [2.05, 4.69) is 21.2 Å². The van der Waals surface area contributed by atoms with Gasteiger partial charge in [-0.25, -0.2) is 0 Å². The Labute approximate surface area is 124 Å². The van der Waals surface area contributed by atoms with E-state index in [0.717, 1.165) is 14.4 Å². The number of nitrogens with one attached hydrogen (secondary N) is 1. The first kappa shape index (κ1) is 14.6. The Morgan fingerprint density at radius 1 is 1.58 bits per heavy atom. The third-order valence-corrected chi connectivity index (χ3v) is 4.66. The SMILES string of the molecule is COc1sc(CNCC(C)(O)c2ccco2)cc1Br. The fourth-order valence-corrected chi connectivity index (χ4v) is 3.39. The lowest BCUT2D eigenvalue weighted by atomic mass is 10.0. The van der Waals surface area contributed by atoms with Crippen molar-refractivity contribution in [3.8, 4) is 5.06 Å². The number of furan rings is 1. The molecule has 1 unspecified atom stereocenters. The summed E-state index contributed by atoms with van der Waals surface area (Å²) in [5.74, 6) is 0.560. The average molecular weight is 346 g/mol. The van der Waals surface area contributed by atoms with Crippen molar-refractivity contribution in [2.45, 2.75) is 19.1 Å². The monoisotopic (exact) mass is 345 g/mol. The van der Waals surface area contributed by atoms with Gasteiger partial charge in [0, 0.05) is 18.0 Å². The van der Waals surface area contributed by atoms with E-state index in [-0.39, 0.29) is 0 Å². The van der Waals surface area contributed by atoms with Crippen molar-refractivity contribution >= 4 is 27.3 Å². The molecule has 0 saturated carbocycles. The first-order chi connectivity index (χ1) is 9.03. The fourth-order valence-electron chi connectivity index (χ4n) is 1.73. The zero-order valence-electron chi connectivity index (χ0n) is 10.8. The van der Waals surface area contributed by atoms with Crippen LogP contribution in [-0.4, -0.2) is 18.8 Å². The minimum absolute atomic E-state index is 0.415. The minimum atomic E-state index is -1.01. The summed E-state index contributed by atoms with van der Waals surface area (Å²) in [4.78, 5) is 1.14. The molecule has 0 amide bonds. The van der Waals surface area contributed by atoms with Gasteiger partial charge >= 0.3 is 0 Å². The third-order valence-electron chi connectivity index (χ3n) is 2.71. The van der Waals surface area contributed by atoms with Crippen molar-refractivity contribution < 1.29 is 14.3 Å². The molecule has 0 spiro atoms. The lowest BCUT2D eigenvalue weighted by Gasteiger charge is -2.20. The molecule has 0 aliphatic rings. The van der Waals surface area contributed by atoms with Gasteiger partial charge in [-0.05, 0) is 41.1 Å². The maximum atomic E-state index is 10.3. The van der Waals surface area contributed by atoms with E-state index in [1.807, 2.05) is 6.07 Å². The van der Waals surface area contributed by atoms with Crippen LogP contribution in [0.3, 0.4) is 0 Å². The minimum Gasteiger partial charge on any atom is -0.486 e. The summed E-state index contributed by atoms with van der Waals surface area (Å²) in [6, 6.07) is 5.55. The zero-order valence-corrected chi connectivity index (χ0v) is 13.2. The normalized spacial score (nSPS) is 14.3. The first-order valence-electron chi connectivity index (χ1n) is 5.82. The van der Waals surface area contributed by atoms with Gasteiger partial charge in [-0.15, -0.1) is 11.3 Å². The molecule has 0 aliphatic heterocycles. The van der Waals surface area contributed by atoms with Crippen molar-refractivity contribution in [3.63, 3.8) is 0 Å². The van der Waals surface area contributed by atoms with Crippen molar-refractivity contribution in [2.75, 3.05) is 13.7 Å². The van der Waals surface area contributed by atoms with Crippen LogP contribution in [0.5, 0.6) is 5.06 Å². The van der Waals surface area contributed by atoms with Gasteiger partial charge in [-0.1, -0.05) is 0 Å². The van der Waals surface area contributed by atoms with E-state index in [1.54, 1.807) is 43.8 Å². The lowest BCUT2D eigenvalue weighted by molar-refractivity contribution is 0.0341. The molecule has 104 valence electrons. The number of halogens is 1. The summed E-state index contributed by atoms with van der Waals surface area (Å²) in [5, 5.41) is 14.3. The molecule has 1 atom stereocenters. The molecule has 0 aliphatic carbocycles. The Morgan fingerprint density at radius 2 is 2.37 bits per heavy atom. The highest BCUT2D eigenvalue weighted by molar-refractivity contribution is 9.10. The molecule has 0 aromatic carbocycles. The molecule has 2 N–H and O–H groups in total. The van der Waals surface area contributed by atoms with Crippen LogP contribution in [0.2, 0.25) is 0 Å². The Kier molecular flexibility index (Phi) is 4.67. The third kappa shape index (κ3) is 3.60. The molecule has 0 fully saturated rings. The first-order valence-corrected chi connectivity index (χ1v) is 7.43. The van der Waals surface area contributed by atoms with E-state index >= 15 is 0 Å². The van der Waals surface area contributed by atoms with Crippen molar-refractivity contribution in [2.24, 2.45) is 0 Å². The largest absolute Gasteiger partial charge is 0.486 e. The quantitative estimate of drug-likeness (QED) is 0.844. The predicted molar refractivity (Wildman–Crippen MR) is 78.6 cm³/mol. The molecule has 4 nitrogen and oxygen atoms in total. The summed E-state index contributed by atoms with van der Waals surface area (Å²) in [6.45, 7) is 2.81. The highest BCUT2D eigenvalue weighted by Gasteiger charge is 2.25. The standard InChI is InChI=1S/C13H16BrNO3S/c1-13(16,11-4-3-5-18-11)8-15-7-9-6-10(14)12(17-2)19-9/h3-6,15-16H,7-8H2,1-2H3. The Hall–Kier alpha value is -0.820. The molecular weight excluding hydrogens is 330 g/mol. The molecule has 0 bridgehead atoms. The Balaban J connectivity index is 1.89. The number of methoxy groups -OCH3 is 1. The lowest BCUT2D eigenvalue weighted by Crippen LogP contribution is -2.34. The van der Waals surface area contributed by atoms with Crippen LogP contribution in [-0.2, 0) is 12.1 Å². The van der Waals surface area contributed by atoms with Crippen LogP contribution in [0.25, 0.3) is 0 Å². The molecule has 6 heteroatoms. The van der Waals surface area contributed by atoms with Crippen LogP contribution in [0.1, 0.15) is 17.6 Å². The van der Waals surface area contributed by atoms with Gasteiger partial charge in [0.2, 0.25) is 0 Å². The topological polar surface area (TPSA) is 54.6 Å². The second-order valence-electron chi connectivity index (χ2n) is 4.41. The van der Waals surface area contributed by atoms with Crippen LogP contribution in [0, 0.1) is 0 Å².